The van der Waals surface area contributed by atoms with Crippen molar-refractivity contribution in [2.75, 3.05) is 5.32 Å². The van der Waals surface area contributed by atoms with Gasteiger partial charge in [0, 0.05) is 11.3 Å². The summed E-state index contributed by atoms with van der Waals surface area (Å²) in [5.41, 5.74) is 4.05. The number of rotatable bonds is 2. The minimum Gasteiger partial charge on any atom is -0.485 e. The highest BCUT2D eigenvalue weighted by molar-refractivity contribution is 5.54. The van der Waals surface area contributed by atoms with Crippen LogP contribution in [0.1, 0.15) is 36.8 Å². The van der Waals surface area contributed by atoms with Gasteiger partial charge >= 0.3 is 0 Å². The van der Waals surface area contributed by atoms with Crippen molar-refractivity contribution >= 4 is 5.69 Å². The second-order valence-electron chi connectivity index (χ2n) is 5.91. The van der Waals surface area contributed by atoms with E-state index in [2.05, 4.69) is 42.3 Å². The maximum absolute atomic E-state index is 6.06. The van der Waals surface area contributed by atoms with E-state index >= 15 is 0 Å². The Kier molecular flexibility index (Phi) is 2.93. The number of hydrogen-bond donors (Lipinski definition) is 1. The predicted octanol–water partition coefficient (Wildman–Crippen LogP) is 4.02. The van der Waals surface area contributed by atoms with E-state index in [0.29, 0.717) is 0 Å². The van der Waals surface area contributed by atoms with Crippen LogP contribution in [0.5, 0.6) is 5.75 Å². The van der Waals surface area contributed by atoms with E-state index in [4.69, 9.17) is 4.74 Å². The Morgan fingerprint density at radius 3 is 2.60 bits per heavy atom. The van der Waals surface area contributed by atoms with Gasteiger partial charge < -0.3 is 10.1 Å². The molecule has 104 valence electrons. The first-order valence-electron chi connectivity index (χ1n) is 6.96. The van der Waals surface area contributed by atoms with Crippen molar-refractivity contribution in [2.24, 2.45) is 0 Å². The van der Waals surface area contributed by atoms with E-state index in [-0.39, 0.29) is 11.6 Å². The van der Waals surface area contributed by atoms with E-state index in [1.54, 1.807) is 0 Å². The molecule has 0 spiro atoms. The highest BCUT2D eigenvalue weighted by atomic mass is 16.5. The molecule has 1 aliphatic heterocycles. The number of nitrogens with one attached hydrogen (secondary N) is 1. The molecule has 1 N–H and O–H groups in total. The number of anilines is 1. The summed E-state index contributed by atoms with van der Waals surface area (Å²) < 4.78 is 6.06. The molecule has 3 heteroatoms. The Bertz CT molecular complexity index is 649. The summed E-state index contributed by atoms with van der Waals surface area (Å²) in [5.74, 6) is 0.965. The molecular formula is C17H20N2O. The zero-order chi connectivity index (χ0) is 14.3. The Morgan fingerprint density at radius 2 is 1.85 bits per heavy atom. The normalized spacial score (nSPS) is 19.3. The molecule has 1 aromatic heterocycles. The third-order valence-corrected chi connectivity index (χ3v) is 3.82. The molecule has 1 aliphatic rings. The molecule has 3 nitrogen and oxygen atoms in total. The number of ether oxygens (including phenoxy) is 1. The molecule has 0 aliphatic carbocycles. The van der Waals surface area contributed by atoms with Gasteiger partial charge in [0.05, 0.1) is 17.4 Å². The Labute approximate surface area is 120 Å². The average molecular weight is 268 g/mol. The van der Waals surface area contributed by atoms with Crippen LogP contribution in [0.15, 0.2) is 36.4 Å². The van der Waals surface area contributed by atoms with Gasteiger partial charge in [-0.3, -0.25) is 4.98 Å². The molecule has 20 heavy (non-hydrogen) atoms. The standard InChI is InChI=1S/C17H20N2O/c1-11-9-10-14(12(2)18-11)19-16-13-7-5-6-8-15(13)20-17(16,3)4/h5-10,16,19H,1-4H3. The average Bonchev–Trinajstić information content (AvgIpc) is 2.63. The van der Waals surface area contributed by atoms with Crippen molar-refractivity contribution < 1.29 is 4.74 Å². The molecule has 1 aromatic carbocycles. The summed E-state index contributed by atoms with van der Waals surface area (Å²) in [6.07, 6.45) is 0. The fraction of sp³-hybridized carbons (Fsp3) is 0.353. The highest BCUT2D eigenvalue weighted by Crippen LogP contribution is 2.44. The number of nitrogens with zero attached hydrogens (tertiary/aromatic N) is 1. The number of aromatic nitrogens is 1. The van der Waals surface area contributed by atoms with Crippen LogP contribution in [0.3, 0.4) is 0 Å². The lowest BCUT2D eigenvalue weighted by Crippen LogP contribution is -2.35. The zero-order valence-electron chi connectivity index (χ0n) is 12.4. The maximum Gasteiger partial charge on any atom is 0.128 e. The molecule has 0 fully saturated rings. The fourth-order valence-electron chi connectivity index (χ4n) is 2.77. The summed E-state index contributed by atoms with van der Waals surface area (Å²) in [6, 6.07) is 12.5. The maximum atomic E-state index is 6.06. The van der Waals surface area contributed by atoms with Crippen molar-refractivity contribution in [3.8, 4) is 5.75 Å². The molecule has 0 bridgehead atoms. The van der Waals surface area contributed by atoms with Crippen LogP contribution in [0, 0.1) is 13.8 Å². The van der Waals surface area contributed by atoms with E-state index in [1.165, 1.54) is 5.56 Å². The topological polar surface area (TPSA) is 34.1 Å². The van der Waals surface area contributed by atoms with Crippen LogP contribution in [0.25, 0.3) is 0 Å². The van der Waals surface area contributed by atoms with Crippen molar-refractivity contribution in [1.82, 2.24) is 4.98 Å². The first kappa shape index (κ1) is 13.0. The van der Waals surface area contributed by atoms with Crippen molar-refractivity contribution in [3.05, 3.63) is 53.3 Å². The van der Waals surface area contributed by atoms with Gasteiger partial charge in [0.15, 0.2) is 0 Å². The zero-order valence-corrected chi connectivity index (χ0v) is 12.4. The number of benzene rings is 1. The van der Waals surface area contributed by atoms with Crippen LogP contribution >= 0.6 is 0 Å². The molecule has 0 radical (unpaired) electrons. The summed E-state index contributed by atoms with van der Waals surface area (Å²) in [5, 5.41) is 3.60. The molecule has 2 aromatic rings. The first-order valence-corrected chi connectivity index (χ1v) is 6.96. The molecule has 2 heterocycles. The van der Waals surface area contributed by atoms with Gasteiger partial charge in [-0.15, -0.1) is 0 Å². The van der Waals surface area contributed by atoms with Crippen LogP contribution in [-0.2, 0) is 0 Å². The van der Waals surface area contributed by atoms with Gasteiger partial charge in [0.25, 0.3) is 0 Å². The lowest BCUT2D eigenvalue weighted by molar-refractivity contribution is 0.118. The van der Waals surface area contributed by atoms with Gasteiger partial charge in [-0.2, -0.15) is 0 Å². The lowest BCUT2D eigenvalue weighted by Gasteiger charge is -2.28. The SMILES string of the molecule is Cc1ccc(NC2c3ccccc3OC2(C)C)c(C)n1. The van der Waals surface area contributed by atoms with Crippen LogP contribution < -0.4 is 10.1 Å². The van der Waals surface area contributed by atoms with Crippen molar-refractivity contribution in [2.45, 2.75) is 39.3 Å². The van der Waals surface area contributed by atoms with Crippen LogP contribution in [0.4, 0.5) is 5.69 Å². The Hall–Kier alpha value is -2.03. The molecular weight excluding hydrogens is 248 g/mol. The van der Waals surface area contributed by atoms with Gasteiger partial charge in [-0.25, -0.2) is 0 Å². The highest BCUT2D eigenvalue weighted by Gasteiger charge is 2.41. The second-order valence-corrected chi connectivity index (χ2v) is 5.91. The third kappa shape index (κ3) is 2.13. The molecule has 1 atom stereocenters. The molecule has 1 unspecified atom stereocenters. The molecule has 0 saturated heterocycles. The van der Waals surface area contributed by atoms with E-state index in [9.17, 15) is 0 Å². The number of aryl methyl sites for hydroxylation is 2. The predicted molar refractivity (Wildman–Crippen MR) is 81.2 cm³/mol. The number of fused-ring (bicyclic) bond motifs is 1. The van der Waals surface area contributed by atoms with E-state index in [0.717, 1.165) is 22.8 Å². The summed E-state index contributed by atoms with van der Waals surface area (Å²) in [7, 11) is 0. The Morgan fingerprint density at radius 1 is 1.10 bits per heavy atom. The molecule has 3 rings (SSSR count). The number of hydrogen-bond acceptors (Lipinski definition) is 3. The van der Waals surface area contributed by atoms with Gasteiger partial charge in [-0.05, 0) is 45.9 Å². The van der Waals surface area contributed by atoms with Crippen LogP contribution in [-0.4, -0.2) is 10.6 Å². The molecule has 0 saturated carbocycles. The van der Waals surface area contributed by atoms with Crippen molar-refractivity contribution in [1.29, 1.82) is 0 Å². The summed E-state index contributed by atoms with van der Waals surface area (Å²) in [4.78, 5) is 4.52. The minimum absolute atomic E-state index is 0.127. The van der Waals surface area contributed by atoms with Gasteiger partial charge in [0.1, 0.15) is 11.4 Å². The van der Waals surface area contributed by atoms with E-state index in [1.807, 2.05) is 32.0 Å². The lowest BCUT2D eigenvalue weighted by atomic mass is 9.94. The first-order chi connectivity index (χ1) is 9.47. The second kappa shape index (κ2) is 4.51. The number of pyridine rings is 1. The third-order valence-electron chi connectivity index (χ3n) is 3.82. The Balaban J connectivity index is 1.97. The van der Waals surface area contributed by atoms with Crippen molar-refractivity contribution in [3.63, 3.8) is 0 Å². The fourth-order valence-corrected chi connectivity index (χ4v) is 2.77. The summed E-state index contributed by atoms with van der Waals surface area (Å²) in [6.45, 7) is 8.27. The number of para-hydroxylation sites is 1. The molecule has 0 amide bonds. The summed E-state index contributed by atoms with van der Waals surface area (Å²) >= 11 is 0. The smallest absolute Gasteiger partial charge is 0.128 e. The van der Waals surface area contributed by atoms with Gasteiger partial charge in [0.2, 0.25) is 0 Å². The van der Waals surface area contributed by atoms with E-state index < -0.39 is 0 Å². The largest absolute Gasteiger partial charge is 0.485 e. The minimum atomic E-state index is -0.277. The monoisotopic (exact) mass is 268 g/mol. The quantitative estimate of drug-likeness (QED) is 0.893. The van der Waals surface area contributed by atoms with Crippen LogP contribution in [0.2, 0.25) is 0 Å². The van der Waals surface area contributed by atoms with Gasteiger partial charge in [-0.1, -0.05) is 18.2 Å².